The van der Waals surface area contributed by atoms with Gasteiger partial charge in [-0.25, -0.2) is 8.78 Å². The maximum absolute atomic E-state index is 13.4. The number of H-pyrrole nitrogens is 1. The predicted octanol–water partition coefficient (Wildman–Crippen LogP) is 4.48. The fourth-order valence-electron chi connectivity index (χ4n) is 2.82. The van der Waals surface area contributed by atoms with Crippen LogP contribution in [0.3, 0.4) is 0 Å². The van der Waals surface area contributed by atoms with Crippen molar-refractivity contribution in [2.24, 2.45) is 0 Å². The minimum atomic E-state index is -0.789. The van der Waals surface area contributed by atoms with Crippen molar-refractivity contribution in [3.63, 3.8) is 0 Å². The molecule has 1 amide bonds. The minimum absolute atomic E-state index is 0.0699. The third kappa shape index (κ3) is 3.15. The Morgan fingerprint density at radius 1 is 1.08 bits per heavy atom. The van der Waals surface area contributed by atoms with Crippen LogP contribution in [-0.2, 0) is 0 Å². The molecule has 2 aromatic carbocycles. The highest BCUT2D eigenvalue weighted by Gasteiger charge is 2.31. The first-order valence-corrected chi connectivity index (χ1v) is 8.03. The Balaban J connectivity index is 1.71. The van der Waals surface area contributed by atoms with Crippen LogP contribution in [0, 0.1) is 11.6 Å². The van der Waals surface area contributed by atoms with Gasteiger partial charge in [0.15, 0.2) is 0 Å². The van der Waals surface area contributed by atoms with Crippen molar-refractivity contribution in [3.05, 3.63) is 71.4 Å². The lowest BCUT2D eigenvalue weighted by Crippen LogP contribution is -2.14. The molecule has 1 aromatic heterocycles. The predicted molar refractivity (Wildman–Crippen MR) is 90.3 cm³/mol. The van der Waals surface area contributed by atoms with Crippen LogP contribution in [-0.4, -0.2) is 16.1 Å². The lowest BCUT2D eigenvalue weighted by Gasteiger charge is -2.09. The van der Waals surface area contributed by atoms with Gasteiger partial charge in [-0.15, -0.1) is 0 Å². The second kappa shape index (κ2) is 6.12. The van der Waals surface area contributed by atoms with E-state index in [0.717, 1.165) is 42.3 Å². The van der Waals surface area contributed by atoms with E-state index in [2.05, 4.69) is 15.5 Å². The number of nitrogens with one attached hydrogen (secondary N) is 2. The summed E-state index contributed by atoms with van der Waals surface area (Å²) in [7, 11) is 0. The summed E-state index contributed by atoms with van der Waals surface area (Å²) >= 11 is 0. The number of anilines is 1. The maximum atomic E-state index is 13.4. The number of carbonyl (C=O) groups is 1. The number of aromatic nitrogens is 2. The number of aromatic amines is 1. The fourth-order valence-corrected chi connectivity index (χ4v) is 2.82. The van der Waals surface area contributed by atoms with Gasteiger partial charge in [-0.3, -0.25) is 9.89 Å². The van der Waals surface area contributed by atoms with Crippen molar-refractivity contribution in [1.82, 2.24) is 10.2 Å². The molecule has 0 atom stereocenters. The van der Waals surface area contributed by atoms with Crippen LogP contribution in [0.4, 0.5) is 14.5 Å². The van der Waals surface area contributed by atoms with Gasteiger partial charge in [-0.2, -0.15) is 5.10 Å². The molecular formula is C19H15F2N3O. The normalized spacial score (nSPS) is 13.7. The highest BCUT2D eigenvalue weighted by atomic mass is 19.1. The van der Waals surface area contributed by atoms with Crippen LogP contribution < -0.4 is 5.32 Å². The summed E-state index contributed by atoms with van der Waals surface area (Å²) in [5.41, 5.74) is 2.83. The fraction of sp³-hybridized carbons (Fsp3) is 0.158. The molecule has 0 radical (unpaired) electrons. The smallest absolute Gasteiger partial charge is 0.255 e. The van der Waals surface area contributed by atoms with Crippen LogP contribution in [0.2, 0.25) is 0 Å². The summed E-state index contributed by atoms with van der Waals surface area (Å²) in [6.07, 6.45) is 2.04. The number of amides is 1. The van der Waals surface area contributed by atoms with E-state index in [0.29, 0.717) is 17.3 Å². The van der Waals surface area contributed by atoms with Crippen molar-refractivity contribution in [2.75, 3.05) is 5.32 Å². The minimum Gasteiger partial charge on any atom is -0.319 e. The lowest BCUT2D eigenvalue weighted by molar-refractivity contribution is 0.102. The van der Waals surface area contributed by atoms with E-state index in [1.165, 1.54) is 0 Å². The summed E-state index contributed by atoms with van der Waals surface area (Å²) in [6.45, 7) is 0. The van der Waals surface area contributed by atoms with E-state index in [4.69, 9.17) is 0 Å². The van der Waals surface area contributed by atoms with Crippen molar-refractivity contribution in [3.8, 4) is 11.3 Å². The first kappa shape index (κ1) is 15.5. The molecule has 3 aromatic rings. The highest BCUT2D eigenvalue weighted by Crippen LogP contribution is 2.45. The van der Waals surface area contributed by atoms with Gasteiger partial charge in [-0.05, 0) is 25.0 Å². The Morgan fingerprint density at radius 3 is 2.40 bits per heavy atom. The van der Waals surface area contributed by atoms with Crippen LogP contribution in [0.25, 0.3) is 11.3 Å². The highest BCUT2D eigenvalue weighted by molar-refractivity contribution is 6.06. The van der Waals surface area contributed by atoms with Gasteiger partial charge < -0.3 is 5.32 Å². The molecule has 6 heteroatoms. The molecule has 0 bridgehead atoms. The largest absolute Gasteiger partial charge is 0.319 e. The Kier molecular flexibility index (Phi) is 3.80. The summed E-state index contributed by atoms with van der Waals surface area (Å²) in [4.78, 5) is 12.5. The van der Waals surface area contributed by atoms with Crippen molar-refractivity contribution >= 4 is 11.6 Å². The first-order chi connectivity index (χ1) is 12.1. The standard InChI is InChI=1S/C19H15F2N3O/c20-14-8-13(9-15(21)10-14)19(25)22-18-16(11-4-2-1-3-5-11)23-24-17(18)12-6-7-12/h1-5,8-10,12H,6-7H2,(H,22,25)(H,23,24). The number of hydrogen-bond acceptors (Lipinski definition) is 2. The average Bonchev–Trinajstić information content (AvgIpc) is 3.36. The van der Waals surface area contributed by atoms with E-state index in [1.807, 2.05) is 30.3 Å². The monoisotopic (exact) mass is 339 g/mol. The molecule has 126 valence electrons. The number of hydrogen-bond donors (Lipinski definition) is 2. The zero-order valence-electron chi connectivity index (χ0n) is 13.2. The number of nitrogens with zero attached hydrogens (tertiary/aromatic N) is 1. The molecule has 0 saturated heterocycles. The van der Waals surface area contributed by atoms with E-state index < -0.39 is 17.5 Å². The Morgan fingerprint density at radius 2 is 1.76 bits per heavy atom. The topological polar surface area (TPSA) is 57.8 Å². The van der Waals surface area contributed by atoms with E-state index in [1.54, 1.807) is 0 Å². The van der Waals surface area contributed by atoms with Gasteiger partial charge in [0, 0.05) is 23.1 Å². The molecule has 1 saturated carbocycles. The summed E-state index contributed by atoms with van der Waals surface area (Å²) in [5.74, 6) is -1.82. The molecular weight excluding hydrogens is 324 g/mol. The van der Waals surface area contributed by atoms with Crippen LogP contribution in [0.15, 0.2) is 48.5 Å². The molecule has 4 rings (SSSR count). The molecule has 25 heavy (non-hydrogen) atoms. The molecule has 0 aliphatic heterocycles. The first-order valence-electron chi connectivity index (χ1n) is 8.03. The van der Waals surface area contributed by atoms with Crippen molar-refractivity contribution in [1.29, 1.82) is 0 Å². The quantitative estimate of drug-likeness (QED) is 0.736. The molecule has 1 aliphatic carbocycles. The molecule has 2 N–H and O–H groups in total. The molecule has 4 nitrogen and oxygen atoms in total. The number of halogens is 2. The molecule has 0 spiro atoms. The van der Waals surface area contributed by atoms with E-state index in [-0.39, 0.29) is 5.56 Å². The van der Waals surface area contributed by atoms with Gasteiger partial charge in [0.1, 0.15) is 17.3 Å². The van der Waals surface area contributed by atoms with Gasteiger partial charge in [0.2, 0.25) is 0 Å². The zero-order chi connectivity index (χ0) is 17.4. The van der Waals surface area contributed by atoms with Crippen LogP contribution >= 0.6 is 0 Å². The zero-order valence-corrected chi connectivity index (χ0v) is 13.2. The molecule has 1 heterocycles. The van der Waals surface area contributed by atoms with Crippen LogP contribution in [0.1, 0.15) is 34.8 Å². The number of rotatable bonds is 4. The van der Waals surface area contributed by atoms with E-state index in [9.17, 15) is 13.6 Å². The molecule has 1 aliphatic rings. The SMILES string of the molecule is O=C(Nc1c(-c2ccccc2)n[nH]c1C1CC1)c1cc(F)cc(F)c1. The van der Waals surface area contributed by atoms with E-state index >= 15 is 0 Å². The van der Waals surface area contributed by atoms with Gasteiger partial charge in [0.05, 0.1) is 11.4 Å². The second-order valence-corrected chi connectivity index (χ2v) is 6.11. The Labute approximate surface area is 142 Å². The van der Waals surface area contributed by atoms with Crippen LogP contribution in [0.5, 0.6) is 0 Å². The second-order valence-electron chi connectivity index (χ2n) is 6.11. The van der Waals surface area contributed by atoms with Gasteiger partial charge >= 0.3 is 0 Å². The Bertz CT molecular complexity index is 913. The average molecular weight is 339 g/mol. The van der Waals surface area contributed by atoms with Crippen molar-refractivity contribution in [2.45, 2.75) is 18.8 Å². The number of carbonyl (C=O) groups excluding carboxylic acids is 1. The summed E-state index contributed by atoms with van der Waals surface area (Å²) < 4.78 is 26.8. The van der Waals surface area contributed by atoms with Gasteiger partial charge in [0.25, 0.3) is 5.91 Å². The molecule has 0 unspecified atom stereocenters. The Hall–Kier alpha value is -3.02. The lowest BCUT2D eigenvalue weighted by atomic mass is 10.1. The molecule has 1 fully saturated rings. The number of benzene rings is 2. The third-order valence-corrected chi connectivity index (χ3v) is 4.19. The van der Waals surface area contributed by atoms with Gasteiger partial charge in [-0.1, -0.05) is 30.3 Å². The van der Waals surface area contributed by atoms with Crippen molar-refractivity contribution < 1.29 is 13.6 Å². The third-order valence-electron chi connectivity index (χ3n) is 4.19. The summed E-state index contributed by atoms with van der Waals surface area (Å²) in [5, 5.41) is 10.1. The maximum Gasteiger partial charge on any atom is 0.255 e. The summed E-state index contributed by atoms with van der Waals surface area (Å²) in [6, 6.07) is 12.2.